The van der Waals surface area contributed by atoms with Gasteiger partial charge in [-0.2, -0.15) is 0 Å². The minimum Gasteiger partial charge on any atom is -0.394 e. The van der Waals surface area contributed by atoms with Gasteiger partial charge < -0.3 is 10.4 Å². The lowest BCUT2D eigenvalue weighted by atomic mass is 10.1. The molecule has 0 aliphatic carbocycles. The van der Waals surface area contributed by atoms with E-state index in [0.717, 1.165) is 5.56 Å². The maximum Gasteiger partial charge on any atom is 0.272 e. The Morgan fingerprint density at radius 3 is 2.43 bits per heavy atom. The summed E-state index contributed by atoms with van der Waals surface area (Å²) in [6, 6.07) is 16.2. The number of nitrogens with zero attached hydrogens (tertiary/aromatic N) is 1. The van der Waals surface area contributed by atoms with Gasteiger partial charge >= 0.3 is 0 Å². The maximum atomic E-state index is 10.9. The Morgan fingerprint density at radius 2 is 1.76 bits per heavy atom. The number of nitro groups is 1. The molecule has 0 aliphatic rings. The van der Waals surface area contributed by atoms with E-state index < -0.39 is 0 Å². The molecule has 0 bridgehead atoms. The van der Waals surface area contributed by atoms with Crippen molar-refractivity contribution in [3.63, 3.8) is 0 Å². The van der Waals surface area contributed by atoms with Crippen molar-refractivity contribution in [2.45, 2.75) is 12.5 Å². The first-order chi connectivity index (χ1) is 10.2. The van der Waals surface area contributed by atoms with Crippen LogP contribution in [0.25, 0.3) is 0 Å². The predicted molar refractivity (Wildman–Crippen MR) is 81.1 cm³/mol. The highest BCUT2D eigenvalue weighted by Gasteiger charge is 2.13. The predicted octanol–water partition coefficient (Wildman–Crippen LogP) is 2.46. The van der Waals surface area contributed by atoms with Crippen LogP contribution in [-0.4, -0.2) is 23.2 Å². The van der Waals surface area contributed by atoms with E-state index in [9.17, 15) is 15.2 Å². The molecule has 2 aromatic rings. The van der Waals surface area contributed by atoms with Crippen LogP contribution in [0.1, 0.15) is 17.2 Å². The Bertz CT molecular complexity index is 587. The molecule has 0 aliphatic heterocycles. The van der Waals surface area contributed by atoms with Gasteiger partial charge in [0.05, 0.1) is 17.6 Å². The summed E-state index contributed by atoms with van der Waals surface area (Å²) in [6.45, 7) is 0.547. The second-order valence-electron chi connectivity index (χ2n) is 4.74. The Labute approximate surface area is 123 Å². The molecule has 1 unspecified atom stereocenters. The summed E-state index contributed by atoms with van der Waals surface area (Å²) in [5, 5.41) is 23.6. The fraction of sp³-hybridized carbons (Fsp3) is 0.250. The van der Waals surface area contributed by atoms with E-state index in [1.54, 1.807) is 18.2 Å². The van der Waals surface area contributed by atoms with Crippen molar-refractivity contribution in [3.05, 3.63) is 75.8 Å². The van der Waals surface area contributed by atoms with Gasteiger partial charge in [0.25, 0.3) is 5.69 Å². The summed E-state index contributed by atoms with van der Waals surface area (Å²) in [6.07, 6.45) is 0.542. The molecule has 0 radical (unpaired) electrons. The molecule has 0 heterocycles. The zero-order valence-electron chi connectivity index (χ0n) is 11.6. The number of nitrogens with one attached hydrogen (secondary N) is 1. The molecule has 0 saturated heterocycles. The summed E-state index contributed by atoms with van der Waals surface area (Å²) < 4.78 is 0. The van der Waals surface area contributed by atoms with E-state index in [1.807, 2.05) is 30.3 Å². The van der Waals surface area contributed by atoms with Crippen LogP contribution in [0.3, 0.4) is 0 Å². The van der Waals surface area contributed by atoms with E-state index in [4.69, 9.17) is 0 Å². The SMILES string of the molecule is O=[N+]([O-])c1ccccc1CCNC(CO)c1ccccc1. The van der Waals surface area contributed by atoms with E-state index in [0.29, 0.717) is 18.5 Å². The van der Waals surface area contributed by atoms with Gasteiger partial charge in [0, 0.05) is 18.2 Å². The molecule has 2 aromatic carbocycles. The highest BCUT2D eigenvalue weighted by Crippen LogP contribution is 2.18. The topological polar surface area (TPSA) is 75.4 Å². The van der Waals surface area contributed by atoms with Crippen molar-refractivity contribution in [2.75, 3.05) is 13.2 Å². The first-order valence-corrected chi connectivity index (χ1v) is 6.84. The lowest BCUT2D eigenvalue weighted by Crippen LogP contribution is -2.26. The number of aliphatic hydroxyl groups is 1. The Kier molecular flexibility index (Phi) is 5.43. The average Bonchev–Trinajstić information content (AvgIpc) is 2.52. The molecule has 1 atom stereocenters. The van der Waals surface area contributed by atoms with E-state index in [1.165, 1.54) is 6.07 Å². The molecular weight excluding hydrogens is 268 g/mol. The zero-order chi connectivity index (χ0) is 15.1. The molecule has 0 spiro atoms. The summed E-state index contributed by atoms with van der Waals surface area (Å²) >= 11 is 0. The molecular formula is C16H18N2O3. The minimum absolute atomic E-state index is 0.0130. The van der Waals surface area contributed by atoms with E-state index >= 15 is 0 Å². The Hall–Kier alpha value is -2.24. The van der Waals surface area contributed by atoms with Gasteiger partial charge in [0.15, 0.2) is 0 Å². The van der Waals surface area contributed by atoms with Gasteiger partial charge in [-0.15, -0.1) is 0 Å². The van der Waals surface area contributed by atoms with Crippen LogP contribution in [0.15, 0.2) is 54.6 Å². The molecule has 21 heavy (non-hydrogen) atoms. The third kappa shape index (κ3) is 4.11. The fourth-order valence-electron chi connectivity index (χ4n) is 2.25. The third-order valence-electron chi connectivity index (χ3n) is 3.36. The van der Waals surface area contributed by atoms with Crippen molar-refractivity contribution in [2.24, 2.45) is 0 Å². The molecule has 0 aromatic heterocycles. The number of nitro benzene ring substituents is 1. The summed E-state index contributed by atoms with van der Waals surface area (Å²) in [5.41, 5.74) is 1.84. The zero-order valence-corrected chi connectivity index (χ0v) is 11.6. The monoisotopic (exact) mass is 286 g/mol. The third-order valence-corrected chi connectivity index (χ3v) is 3.36. The van der Waals surface area contributed by atoms with Gasteiger partial charge in [-0.05, 0) is 12.0 Å². The van der Waals surface area contributed by atoms with Crippen LogP contribution in [0.4, 0.5) is 5.69 Å². The number of hydrogen-bond donors (Lipinski definition) is 2. The largest absolute Gasteiger partial charge is 0.394 e. The van der Waals surface area contributed by atoms with Crippen molar-refractivity contribution in [3.8, 4) is 0 Å². The van der Waals surface area contributed by atoms with Crippen LogP contribution in [0.5, 0.6) is 0 Å². The van der Waals surface area contributed by atoms with Crippen LogP contribution < -0.4 is 5.32 Å². The number of aliphatic hydroxyl groups excluding tert-OH is 1. The van der Waals surface area contributed by atoms with Crippen LogP contribution in [0.2, 0.25) is 0 Å². The van der Waals surface area contributed by atoms with Gasteiger partial charge in [-0.25, -0.2) is 0 Å². The van der Waals surface area contributed by atoms with E-state index in [2.05, 4.69) is 5.32 Å². The molecule has 2 rings (SSSR count). The normalized spacial score (nSPS) is 12.0. The summed E-state index contributed by atoms with van der Waals surface area (Å²) in [7, 11) is 0. The number of benzene rings is 2. The number of para-hydroxylation sites is 1. The van der Waals surface area contributed by atoms with Gasteiger partial charge in [-0.1, -0.05) is 48.5 Å². The second kappa shape index (κ2) is 7.52. The quantitative estimate of drug-likeness (QED) is 0.605. The average molecular weight is 286 g/mol. The molecule has 110 valence electrons. The first-order valence-electron chi connectivity index (χ1n) is 6.84. The molecule has 0 fully saturated rings. The molecule has 5 heteroatoms. The van der Waals surface area contributed by atoms with Gasteiger partial charge in [0.1, 0.15) is 0 Å². The van der Waals surface area contributed by atoms with Crippen LogP contribution >= 0.6 is 0 Å². The lowest BCUT2D eigenvalue weighted by molar-refractivity contribution is -0.385. The lowest BCUT2D eigenvalue weighted by Gasteiger charge is -2.16. The Morgan fingerprint density at radius 1 is 1.10 bits per heavy atom. The van der Waals surface area contributed by atoms with E-state index in [-0.39, 0.29) is 23.3 Å². The Balaban J connectivity index is 1.96. The summed E-state index contributed by atoms with van der Waals surface area (Å²) in [4.78, 5) is 10.6. The number of rotatable bonds is 7. The molecule has 5 nitrogen and oxygen atoms in total. The smallest absolute Gasteiger partial charge is 0.272 e. The van der Waals surface area contributed by atoms with Crippen LogP contribution in [0, 0.1) is 10.1 Å². The van der Waals surface area contributed by atoms with Gasteiger partial charge in [0.2, 0.25) is 0 Å². The highest BCUT2D eigenvalue weighted by atomic mass is 16.6. The molecule has 0 amide bonds. The van der Waals surface area contributed by atoms with Crippen molar-refractivity contribution in [1.29, 1.82) is 0 Å². The molecule has 2 N–H and O–H groups in total. The second-order valence-corrected chi connectivity index (χ2v) is 4.74. The first kappa shape index (κ1) is 15.2. The van der Waals surface area contributed by atoms with Crippen LogP contribution in [-0.2, 0) is 6.42 Å². The standard InChI is InChI=1S/C16H18N2O3/c19-12-15(13-6-2-1-3-7-13)17-11-10-14-8-4-5-9-16(14)18(20)21/h1-9,15,17,19H,10-12H2. The highest BCUT2D eigenvalue weighted by molar-refractivity contribution is 5.39. The fourth-order valence-corrected chi connectivity index (χ4v) is 2.25. The summed E-state index contributed by atoms with van der Waals surface area (Å²) in [5.74, 6) is 0. The minimum atomic E-state index is -0.365. The maximum absolute atomic E-state index is 10.9. The van der Waals surface area contributed by atoms with Crippen molar-refractivity contribution < 1.29 is 10.0 Å². The van der Waals surface area contributed by atoms with Crippen molar-refractivity contribution >= 4 is 5.69 Å². The molecule has 0 saturated carbocycles. The van der Waals surface area contributed by atoms with Gasteiger partial charge in [-0.3, -0.25) is 10.1 Å². The van der Waals surface area contributed by atoms with Crippen molar-refractivity contribution in [1.82, 2.24) is 5.32 Å². The number of hydrogen-bond acceptors (Lipinski definition) is 4.